The van der Waals surface area contributed by atoms with Crippen LogP contribution in [0.2, 0.25) is 0 Å². The van der Waals surface area contributed by atoms with Gasteiger partial charge in [-0.05, 0) is 17.5 Å². The van der Waals surface area contributed by atoms with Gasteiger partial charge in [0.1, 0.15) is 6.73 Å². The van der Waals surface area contributed by atoms with Gasteiger partial charge < -0.3 is 4.74 Å². The Kier molecular flexibility index (Phi) is 2.33. The van der Waals surface area contributed by atoms with Crippen LogP contribution < -0.4 is 5.56 Å². The molecule has 0 N–H and O–H groups in total. The lowest BCUT2D eigenvalue weighted by atomic mass is 10.2. The highest BCUT2D eigenvalue weighted by atomic mass is 16.5. The lowest BCUT2D eigenvalue weighted by molar-refractivity contribution is 0.128. The average molecular weight is 189 g/mol. The molecule has 0 saturated heterocycles. The summed E-state index contributed by atoms with van der Waals surface area (Å²) in [5.74, 6) is 0. The van der Waals surface area contributed by atoms with Gasteiger partial charge in [-0.15, -0.1) is 0 Å². The first kappa shape index (κ1) is 8.97. The quantitative estimate of drug-likeness (QED) is 0.718. The summed E-state index contributed by atoms with van der Waals surface area (Å²) in [7, 11) is 1.57. The van der Waals surface area contributed by atoms with Crippen molar-refractivity contribution in [1.82, 2.24) is 4.57 Å². The van der Waals surface area contributed by atoms with Gasteiger partial charge >= 0.3 is 0 Å². The van der Waals surface area contributed by atoms with Crippen molar-refractivity contribution in [3.63, 3.8) is 0 Å². The number of hydrogen-bond acceptors (Lipinski definition) is 2. The highest BCUT2D eigenvalue weighted by Crippen LogP contribution is 2.07. The fraction of sp³-hybridized carbons (Fsp3) is 0.182. The van der Waals surface area contributed by atoms with E-state index in [0.29, 0.717) is 6.73 Å². The lowest BCUT2D eigenvalue weighted by Crippen LogP contribution is -2.20. The topological polar surface area (TPSA) is 31.2 Å². The van der Waals surface area contributed by atoms with Crippen molar-refractivity contribution >= 4 is 10.8 Å². The highest BCUT2D eigenvalue weighted by Gasteiger charge is 2.00. The molecule has 0 aliphatic rings. The van der Waals surface area contributed by atoms with Gasteiger partial charge in [-0.2, -0.15) is 0 Å². The highest BCUT2D eigenvalue weighted by molar-refractivity contribution is 5.81. The summed E-state index contributed by atoms with van der Waals surface area (Å²) >= 11 is 0. The predicted molar refractivity (Wildman–Crippen MR) is 55.2 cm³/mol. The fourth-order valence-electron chi connectivity index (χ4n) is 1.47. The van der Waals surface area contributed by atoms with Gasteiger partial charge in [0.2, 0.25) is 0 Å². The van der Waals surface area contributed by atoms with E-state index in [1.54, 1.807) is 17.9 Å². The van der Waals surface area contributed by atoms with E-state index in [0.717, 1.165) is 10.8 Å². The number of nitrogens with zero attached hydrogens (tertiary/aromatic N) is 1. The summed E-state index contributed by atoms with van der Waals surface area (Å²) in [6.45, 7) is 0.295. The summed E-state index contributed by atoms with van der Waals surface area (Å²) in [6.07, 6.45) is 1.74. The minimum absolute atomic E-state index is 0.00931. The zero-order chi connectivity index (χ0) is 9.97. The third-order valence-corrected chi connectivity index (χ3v) is 2.15. The van der Waals surface area contributed by atoms with Crippen LogP contribution in [0.5, 0.6) is 0 Å². The molecular weight excluding hydrogens is 178 g/mol. The molecule has 2 rings (SSSR count). The lowest BCUT2D eigenvalue weighted by Gasteiger charge is -2.04. The maximum absolute atomic E-state index is 11.8. The fourth-order valence-corrected chi connectivity index (χ4v) is 1.47. The van der Waals surface area contributed by atoms with Crippen LogP contribution in [0.25, 0.3) is 10.8 Å². The van der Waals surface area contributed by atoms with Gasteiger partial charge in [0.25, 0.3) is 5.56 Å². The number of pyridine rings is 1. The molecule has 0 unspecified atom stereocenters. The summed E-state index contributed by atoms with van der Waals surface area (Å²) in [5.41, 5.74) is -0.00931. The van der Waals surface area contributed by atoms with Crippen LogP contribution in [0.15, 0.2) is 41.3 Å². The van der Waals surface area contributed by atoms with E-state index >= 15 is 0 Å². The zero-order valence-electron chi connectivity index (χ0n) is 7.93. The maximum Gasteiger partial charge on any atom is 0.260 e. The van der Waals surface area contributed by atoms with Gasteiger partial charge in [0.05, 0.1) is 0 Å². The Morgan fingerprint density at radius 2 is 2.07 bits per heavy atom. The van der Waals surface area contributed by atoms with Crippen LogP contribution >= 0.6 is 0 Å². The molecule has 0 radical (unpaired) electrons. The largest absolute Gasteiger partial charge is 0.364 e. The van der Waals surface area contributed by atoms with Crippen molar-refractivity contribution in [1.29, 1.82) is 0 Å². The Bertz CT molecular complexity index is 502. The van der Waals surface area contributed by atoms with Crippen LogP contribution in [-0.4, -0.2) is 11.7 Å². The van der Waals surface area contributed by atoms with Gasteiger partial charge in [-0.25, -0.2) is 0 Å². The second-order valence-electron chi connectivity index (χ2n) is 3.10. The van der Waals surface area contributed by atoms with Crippen LogP contribution in [0.3, 0.4) is 0 Å². The second kappa shape index (κ2) is 3.64. The molecule has 72 valence electrons. The predicted octanol–water partition coefficient (Wildman–Crippen LogP) is 1.61. The van der Waals surface area contributed by atoms with Gasteiger partial charge in [0, 0.05) is 18.7 Å². The Labute approximate surface area is 81.5 Å². The van der Waals surface area contributed by atoms with E-state index in [4.69, 9.17) is 4.74 Å². The van der Waals surface area contributed by atoms with Crippen molar-refractivity contribution in [2.45, 2.75) is 6.73 Å². The van der Waals surface area contributed by atoms with E-state index in [1.165, 1.54) is 0 Å². The van der Waals surface area contributed by atoms with E-state index in [-0.39, 0.29) is 5.56 Å². The number of ether oxygens (including phenoxy) is 1. The molecule has 1 heterocycles. The Balaban J connectivity index is 2.69. The van der Waals surface area contributed by atoms with E-state index in [2.05, 4.69) is 0 Å². The Morgan fingerprint density at radius 3 is 2.86 bits per heavy atom. The van der Waals surface area contributed by atoms with Gasteiger partial charge in [-0.1, -0.05) is 18.2 Å². The van der Waals surface area contributed by atoms with Gasteiger partial charge in [-0.3, -0.25) is 9.36 Å². The molecule has 0 bridgehead atoms. The van der Waals surface area contributed by atoms with Crippen molar-refractivity contribution in [3.05, 3.63) is 46.9 Å². The average Bonchev–Trinajstić information content (AvgIpc) is 2.23. The number of fused-ring (bicyclic) bond motifs is 1. The van der Waals surface area contributed by atoms with Crippen molar-refractivity contribution in [3.8, 4) is 0 Å². The van der Waals surface area contributed by atoms with Crippen LogP contribution in [0.4, 0.5) is 0 Å². The molecule has 1 aromatic heterocycles. The Hall–Kier alpha value is -1.61. The molecule has 0 amide bonds. The minimum atomic E-state index is -0.00931. The molecule has 1 aromatic carbocycles. The normalized spacial score (nSPS) is 10.6. The molecule has 0 aliphatic heterocycles. The van der Waals surface area contributed by atoms with Crippen molar-refractivity contribution in [2.75, 3.05) is 7.11 Å². The van der Waals surface area contributed by atoms with Crippen molar-refractivity contribution < 1.29 is 4.74 Å². The first-order chi connectivity index (χ1) is 6.83. The van der Waals surface area contributed by atoms with E-state index in [1.807, 2.05) is 30.3 Å². The Morgan fingerprint density at radius 1 is 1.29 bits per heavy atom. The molecule has 14 heavy (non-hydrogen) atoms. The summed E-state index contributed by atoms with van der Waals surface area (Å²) in [6, 6.07) is 9.44. The maximum atomic E-state index is 11.8. The van der Waals surface area contributed by atoms with Gasteiger partial charge in [0.15, 0.2) is 0 Å². The zero-order valence-corrected chi connectivity index (χ0v) is 7.93. The first-order valence-corrected chi connectivity index (χ1v) is 4.40. The van der Waals surface area contributed by atoms with Crippen LogP contribution in [0, 0.1) is 0 Å². The van der Waals surface area contributed by atoms with Crippen LogP contribution in [-0.2, 0) is 11.5 Å². The molecule has 3 heteroatoms. The SMILES string of the molecule is COCn1ccc2ccccc2c1=O. The second-order valence-corrected chi connectivity index (χ2v) is 3.10. The smallest absolute Gasteiger partial charge is 0.260 e. The number of methoxy groups -OCH3 is 1. The first-order valence-electron chi connectivity index (χ1n) is 4.40. The molecule has 0 aliphatic carbocycles. The molecule has 3 nitrogen and oxygen atoms in total. The molecule has 0 fully saturated rings. The third kappa shape index (κ3) is 1.42. The molecule has 0 spiro atoms. The summed E-state index contributed by atoms with van der Waals surface area (Å²) < 4.78 is 6.46. The molecule has 0 saturated carbocycles. The van der Waals surface area contributed by atoms with E-state index < -0.39 is 0 Å². The number of rotatable bonds is 2. The molecule has 0 atom stereocenters. The standard InChI is InChI=1S/C11H11NO2/c1-14-8-12-7-6-9-4-2-3-5-10(9)11(12)13/h2-7H,8H2,1H3. The monoisotopic (exact) mass is 189 g/mol. The van der Waals surface area contributed by atoms with Crippen molar-refractivity contribution in [2.24, 2.45) is 0 Å². The number of hydrogen-bond donors (Lipinski definition) is 0. The molecule has 2 aromatic rings. The van der Waals surface area contributed by atoms with Crippen LogP contribution in [0.1, 0.15) is 0 Å². The molecular formula is C11H11NO2. The summed E-state index contributed by atoms with van der Waals surface area (Å²) in [5, 5.41) is 1.69. The third-order valence-electron chi connectivity index (χ3n) is 2.15. The number of aromatic nitrogens is 1. The summed E-state index contributed by atoms with van der Waals surface area (Å²) in [4.78, 5) is 11.8. The minimum Gasteiger partial charge on any atom is -0.364 e. The number of benzene rings is 1. The van der Waals surface area contributed by atoms with E-state index in [9.17, 15) is 4.79 Å².